The van der Waals surface area contributed by atoms with Crippen LogP contribution in [0.25, 0.3) is 0 Å². The van der Waals surface area contributed by atoms with Gasteiger partial charge in [0.15, 0.2) is 6.10 Å². The number of pyridine rings is 1. The zero-order chi connectivity index (χ0) is 35.0. The van der Waals surface area contributed by atoms with Gasteiger partial charge in [-0.05, 0) is 50.2 Å². The third-order valence-electron chi connectivity index (χ3n) is 6.79. The molecule has 0 bridgehead atoms. The molecular weight excluding hydrogens is 626 g/mol. The first-order valence-corrected chi connectivity index (χ1v) is 14.6. The number of nitrogens with one attached hydrogen (secondary N) is 1. The summed E-state index contributed by atoms with van der Waals surface area (Å²) in [6.45, 7) is 3.76. The van der Waals surface area contributed by atoms with E-state index in [1.54, 1.807) is 50.2 Å². The highest BCUT2D eigenvalue weighted by molar-refractivity contribution is 6.03. The van der Waals surface area contributed by atoms with Crippen LogP contribution in [0.15, 0.2) is 66.9 Å². The van der Waals surface area contributed by atoms with E-state index < -0.39 is 53.4 Å². The molecule has 2 amide bonds. The molecule has 0 saturated heterocycles. The van der Waals surface area contributed by atoms with Gasteiger partial charge in [0.2, 0.25) is 6.10 Å². The van der Waals surface area contributed by atoms with Crippen LogP contribution in [0.1, 0.15) is 36.8 Å². The molecule has 2 aromatic carbocycles. The van der Waals surface area contributed by atoms with E-state index in [0.29, 0.717) is 28.5 Å². The number of carbonyl (C=O) groups excluding carboxylic acids is 4. The largest absolute Gasteiger partial charge is 0.489 e. The molecule has 1 unspecified atom stereocenters. The smallest absolute Gasteiger partial charge is 0.348 e. The molecule has 14 heteroatoms. The van der Waals surface area contributed by atoms with Crippen LogP contribution in [0, 0.1) is 17.3 Å². The number of nitrogens with zero attached hydrogens (tertiary/aromatic N) is 2. The van der Waals surface area contributed by atoms with Crippen molar-refractivity contribution in [1.82, 2.24) is 10.3 Å². The van der Waals surface area contributed by atoms with E-state index >= 15 is 0 Å². The third kappa shape index (κ3) is 9.08. The van der Waals surface area contributed by atoms with Gasteiger partial charge in [-0.15, -0.1) is 0 Å². The normalized spacial score (nSPS) is 15.2. The standard InChI is InChI=1S/C34H33N3O11/c1-20(38)47-29(32(42)43)28(39)33(44)46-19-34(2,3)14-12-21-10-11-27-26(16-21)37(4)31(41)25(18-45-27)36-30(40)24-17-23(13-15-35-24)48-22-8-6-5-7-9-22/h5-11,13,15-17,25,28-29,39H,18-19H2,1-4H3,(H,36,40)(H,42,43)/t25?,28-,29-/m1/s1. The predicted molar refractivity (Wildman–Crippen MR) is 168 cm³/mol. The van der Waals surface area contributed by atoms with Crippen molar-refractivity contribution in [2.75, 3.05) is 25.2 Å². The Morgan fingerprint density at radius 1 is 1.10 bits per heavy atom. The molecule has 14 nitrogen and oxygen atoms in total. The van der Waals surface area contributed by atoms with Gasteiger partial charge in [0.25, 0.3) is 11.8 Å². The van der Waals surface area contributed by atoms with Gasteiger partial charge < -0.3 is 39.4 Å². The Bertz CT molecular complexity index is 1760. The van der Waals surface area contributed by atoms with Crippen molar-refractivity contribution in [3.8, 4) is 29.1 Å². The molecule has 3 aromatic rings. The van der Waals surface area contributed by atoms with Gasteiger partial charge in [-0.25, -0.2) is 9.59 Å². The lowest BCUT2D eigenvalue weighted by molar-refractivity contribution is -0.180. The summed E-state index contributed by atoms with van der Waals surface area (Å²) < 4.78 is 21.2. The number of ether oxygens (including phenoxy) is 4. The van der Waals surface area contributed by atoms with E-state index in [1.807, 2.05) is 18.2 Å². The molecule has 3 atom stereocenters. The van der Waals surface area contributed by atoms with Crippen LogP contribution in [0.3, 0.4) is 0 Å². The van der Waals surface area contributed by atoms with Gasteiger partial charge in [0.05, 0.1) is 11.1 Å². The van der Waals surface area contributed by atoms with Gasteiger partial charge in [-0.2, -0.15) is 0 Å². The van der Waals surface area contributed by atoms with Crippen molar-refractivity contribution in [1.29, 1.82) is 0 Å². The van der Waals surface area contributed by atoms with E-state index in [-0.39, 0.29) is 18.9 Å². The SMILES string of the molecule is CC(=O)O[C@@H](C(=O)O)[C@@H](O)C(=O)OCC(C)(C)C#Cc1ccc2c(c1)N(C)C(=O)C(NC(=O)c1cc(Oc3ccccc3)ccn1)CO2. The molecule has 0 spiro atoms. The van der Waals surface area contributed by atoms with Gasteiger partial charge >= 0.3 is 17.9 Å². The van der Waals surface area contributed by atoms with Crippen LogP contribution in [0.5, 0.6) is 17.2 Å². The molecule has 250 valence electrons. The summed E-state index contributed by atoms with van der Waals surface area (Å²) in [5.74, 6) is 2.21. The second kappa shape index (κ2) is 15.1. The number of amides is 2. The number of hydrogen-bond donors (Lipinski definition) is 3. The minimum Gasteiger partial charge on any atom is -0.489 e. The Morgan fingerprint density at radius 3 is 2.52 bits per heavy atom. The molecule has 1 aliphatic rings. The number of para-hydroxylation sites is 1. The minimum atomic E-state index is -2.24. The number of esters is 2. The topological polar surface area (TPSA) is 191 Å². The summed E-state index contributed by atoms with van der Waals surface area (Å²) in [5.41, 5.74) is -0.0309. The Balaban J connectivity index is 1.40. The van der Waals surface area contributed by atoms with Gasteiger partial charge in [-0.3, -0.25) is 19.4 Å². The Labute approximate surface area is 275 Å². The summed E-state index contributed by atoms with van der Waals surface area (Å²) >= 11 is 0. The number of aliphatic carboxylic acids is 1. The Kier molecular flexibility index (Phi) is 11.0. The Hall–Kier alpha value is -5.94. The van der Waals surface area contributed by atoms with Crippen molar-refractivity contribution in [2.24, 2.45) is 5.41 Å². The molecule has 0 saturated carbocycles. The second-order valence-electron chi connectivity index (χ2n) is 11.3. The van der Waals surface area contributed by atoms with E-state index in [9.17, 15) is 29.1 Å². The predicted octanol–water partition coefficient (Wildman–Crippen LogP) is 2.33. The van der Waals surface area contributed by atoms with Crippen molar-refractivity contribution in [3.05, 3.63) is 78.1 Å². The zero-order valence-corrected chi connectivity index (χ0v) is 26.5. The monoisotopic (exact) mass is 659 g/mol. The molecule has 0 radical (unpaired) electrons. The van der Waals surface area contributed by atoms with E-state index in [2.05, 4.69) is 26.9 Å². The molecule has 3 N–H and O–H groups in total. The lowest BCUT2D eigenvalue weighted by Gasteiger charge is -2.21. The lowest BCUT2D eigenvalue weighted by Crippen LogP contribution is -2.49. The molecule has 48 heavy (non-hydrogen) atoms. The highest BCUT2D eigenvalue weighted by atomic mass is 16.6. The maximum Gasteiger partial charge on any atom is 0.348 e. The first kappa shape index (κ1) is 34.9. The molecule has 1 aromatic heterocycles. The van der Waals surface area contributed by atoms with E-state index in [0.717, 1.165) is 6.92 Å². The fourth-order valence-corrected chi connectivity index (χ4v) is 4.30. The van der Waals surface area contributed by atoms with E-state index in [1.165, 1.54) is 24.2 Å². The molecular formula is C34H33N3O11. The number of carboxylic acids is 1. The number of aliphatic hydroxyl groups is 1. The van der Waals surface area contributed by atoms with Crippen molar-refractivity contribution >= 4 is 35.4 Å². The van der Waals surface area contributed by atoms with Crippen LogP contribution in [0.4, 0.5) is 5.69 Å². The molecule has 0 fully saturated rings. The Morgan fingerprint density at radius 2 is 1.83 bits per heavy atom. The average molecular weight is 660 g/mol. The number of fused-ring (bicyclic) bond motifs is 1. The van der Waals surface area contributed by atoms with Crippen LogP contribution >= 0.6 is 0 Å². The maximum absolute atomic E-state index is 13.4. The highest BCUT2D eigenvalue weighted by Crippen LogP contribution is 2.32. The number of hydrogen-bond acceptors (Lipinski definition) is 11. The van der Waals surface area contributed by atoms with Gasteiger partial charge in [0, 0.05) is 31.8 Å². The summed E-state index contributed by atoms with van der Waals surface area (Å²) in [5, 5.41) is 21.8. The zero-order valence-electron chi connectivity index (χ0n) is 26.5. The van der Waals surface area contributed by atoms with Crippen molar-refractivity contribution in [3.63, 3.8) is 0 Å². The summed E-state index contributed by atoms with van der Waals surface area (Å²) in [4.78, 5) is 66.5. The first-order chi connectivity index (χ1) is 22.7. The van der Waals surface area contributed by atoms with Crippen molar-refractivity contribution in [2.45, 2.75) is 39.0 Å². The fraction of sp³-hybridized carbons (Fsp3) is 0.294. The molecule has 2 heterocycles. The lowest BCUT2D eigenvalue weighted by atomic mass is 9.95. The van der Waals surface area contributed by atoms with Crippen LogP contribution in [0.2, 0.25) is 0 Å². The maximum atomic E-state index is 13.4. The van der Waals surface area contributed by atoms with Gasteiger partial charge in [0.1, 0.15) is 42.2 Å². The third-order valence-corrected chi connectivity index (χ3v) is 6.79. The number of rotatable bonds is 10. The van der Waals surface area contributed by atoms with Crippen molar-refractivity contribution < 1.29 is 53.1 Å². The second-order valence-corrected chi connectivity index (χ2v) is 11.3. The minimum absolute atomic E-state index is 0.0482. The number of aliphatic hydroxyl groups excluding tert-OH is 1. The summed E-state index contributed by atoms with van der Waals surface area (Å²) in [6.07, 6.45) is -2.93. The number of carboxylic acid groups (broad SMARTS) is 1. The number of likely N-dealkylation sites (N-methyl/N-ethyl adjacent to an activating group) is 1. The van der Waals surface area contributed by atoms with Gasteiger partial charge in [-0.1, -0.05) is 30.0 Å². The fourth-order valence-electron chi connectivity index (χ4n) is 4.30. The summed E-state index contributed by atoms with van der Waals surface area (Å²) in [7, 11) is 1.54. The highest BCUT2D eigenvalue weighted by Gasteiger charge is 2.37. The summed E-state index contributed by atoms with van der Waals surface area (Å²) in [6, 6.07) is 16.0. The van der Waals surface area contributed by atoms with Crippen LogP contribution in [-0.2, 0) is 28.7 Å². The molecule has 1 aliphatic heterocycles. The number of anilines is 1. The number of benzene rings is 2. The first-order valence-electron chi connectivity index (χ1n) is 14.6. The van der Waals surface area contributed by atoms with Crippen LogP contribution in [-0.4, -0.2) is 83.4 Å². The quantitative estimate of drug-likeness (QED) is 0.213. The number of aromatic nitrogens is 1. The molecule has 4 rings (SSSR count). The molecule has 0 aliphatic carbocycles. The number of carbonyl (C=O) groups is 5. The average Bonchev–Trinajstić information content (AvgIpc) is 3.17. The van der Waals surface area contributed by atoms with E-state index in [4.69, 9.17) is 19.3 Å². The van der Waals surface area contributed by atoms with Crippen LogP contribution < -0.4 is 19.7 Å².